The Morgan fingerprint density at radius 1 is 1.30 bits per heavy atom. The van der Waals surface area contributed by atoms with E-state index in [2.05, 4.69) is 9.97 Å². The third-order valence-electron chi connectivity index (χ3n) is 1.15. The maximum atomic E-state index is 4.92. The highest BCUT2D eigenvalue weighted by Crippen LogP contribution is 2.06. The van der Waals surface area contributed by atoms with Gasteiger partial charge in [0.05, 0.1) is 7.11 Å². The molecule has 1 aromatic heterocycles. The van der Waals surface area contributed by atoms with Crippen molar-refractivity contribution in [3.05, 3.63) is 17.6 Å². The number of aryl methyl sites for hydroxylation is 2. The molecule has 0 unspecified atom stereocenters. The molecule has 0 aliphatic heterocycles. The molecule has 0 bridgehead atoms. The molecule has 0 aromatic carbocycles. The summed E-state index contributed by atoms with van der Waals surface area (Å²) in [5, 5.41) is 0. The van der Waals surface area contributed by atoms with E-state index in [1.165, 1.54) is 0 Å². The topological polar surface area (TPSA) is 35.0 Å². The SMILES string of the molecule is COc1cc(C)nc(C)n1. The smallest absolute Gasteiger partial charge is 0.216 e. The van der Waals surface area contributed by atoms with Crippen LogP contribution in [0.5, 0.6) is 5.88 Å². The molecule has 0 atom stereocenters. The zero-order valence-corrected chi connectivity index (χ0v) is 6.38. The van der Waals surface area contributed by atoms with E-state index in [0.717, 1.165) is 11.5 Å². The number of rotatable bonds is 1. The van der Waals surface area contributed by atoms with Gasteiger partial charge in [-0.05, 0) is 13.8 Å². The van der Waals surface area contributed by atoms with Crippen LogP contribution in [-0.4, -0.2) is 17.1 Å². The van der Waals surface area contributed by atoms with Crippen molar-refractivity contribution in [2.45, 2.75) is 13.8 Å². The molecular weight excluding hydrogens is 128 g/mol. The normalized spacial score (nSPS) is 9.50. The van der Waals surface area contributed by atoms with Crippen molar-refractivity contribution in [2.75, 3.05) is 7.11 Å². The van der Waals surface area contributed by atoms with Gasteiger partial charge in [-0.2, -0.15) is 4.98 Å². The Morgan fingerprint density at radius 3 is 2.50 bits per heavy atom. The third kappa shape index (κ3) is 1.43. The van der Waals surface area contributed by atoms with E-state index in [9.17, 15) is 0 Å². The van der Waals surface area contributed by atoms with Gasteiger partial charge in [0.25, 0.3) is 0 Å². The lowest BCUT2D eigenvalue weighted by molar-refractivity contribution is 0.395. The first-order valence-electron chi connectivity index (χ1n) is 3.08. The minimum atomic E-state index is 0.630. The second-order valence-electron chi connectivity index (χ2n) is 2.10. The van der Waals surface area contributed by atoms with Crippen molar-refractivity contribution < 1.29 is 4.74 Å². The summed E-state index contributed by atoms with van der Waals surface area (Å²) in [5.74, 6) is 1.38. The van der Waals surface area contributed by atoms with Gasteiger partial charge < -0.3 is 4.74 Å². The number of methoxy groups -OCH3 is 1. The van der Waals surface area contributed by atoms with Crippen LogP contribution in [-0.2, 0) is 0 Å². The first-order valence-corrected chi connectivity index (χ1v) is 3.08. The van der Waals surface area contributed by atoms with E-state index >= 15 is 0 Å². The minimum absolute atomic E-state index is 0.630. The van der Waals surface area contributed by atoms with Crippen LogP contribution in [0.15, 0.2) is 6.07 Å². The molecule has 0 radical (unpaired) electrons. The molecule has 0 amide bonds. The Morgan fingerprint density at radius 2 is 2.00 bits per heavy atom. The average Bonchev–Trinajstić information content (AvgIpc) is 1.85. The van der Waals surface area contributed by atoms with Crippen LogP contribution in [0.1, 0.15) is 11.5 Å². The molecule has 0 saturated heterocycles. The lowest BCUT2D eigenvalue weighted by atomic mass is 10.4. The van der Waals surface area contributed by atoms with Crippen LogP contribution < -0.4 is 4.74 Å². The lowest BCUT2D eigenvalue weighted by Crippen LogP contribution is -1.94. The third-order valence-corrected chi connectivity index (χ3v) is 1.15. The molecule has 1 aromatic rings. The van der Waals surface area contributed by atoms with Crippen LogP contribution in [0.3, 0.4) is 0 Å². The van der Waals surface area contributed by atoms with Crippen LogP contribution in [0, 0.1) is 13.8 Å². The molecule has 3 nitrogen and oxygen atoms in total. The van der Waals surface area contributed by atoms with Gasteiger partial charge in [0.1, 0.15) is 5.82 Å². The Hall–Kier alpha value is -1.12. The molecule has 1 rings (SSSR count). The molecule has 1 heterocycles. The highest BCUT2D eigenvalue weighted by Gasteiger charge is 1.95. The zero-order chi connectivity index (χ0) is 7.56. The van der Waals surface area contributed by atoms with Gasteiger partial charge in [0, 0.05) is 11.8 Å². The predicted octanol–water partition coefficient (Wildman–Crippen LogP) is 1.10. The second-order valence-corrected chi connectivity index (χ2v) is 2.10. The average molecular weight is 138 g/mol. The number of hydrogen-bond donors (Lipinski definition) is 0. The van der Waals surface area contributed by atoms with E-state index in [0.29, 0.717) is 5.88 Å². The Bertz CT molecular complexity index is 215. The quantitative estimate of drug-likeness (QED) is 0.583. The van der Waals surface area contributed by atoms with Crippen molar-refractivity contribution in [1.29, 1.82) is 0 Å². The summed E-state index contributed by atoms with van der Waals surface area (Å²) in [7, 11) is 1.60. The first-order chi connectivity index (χ1) is 4.72. The highest BCUT2D eigenvalue weighted by molar-refractivity contribution is 5.14. The Labute approximate surface area is 60.1 Å². The van der Waals surface area contributed by atoms with Gasteiger partial charge in [0.15, 0.2) is 0 Å². The number of hydrogen-bond acceptors (Lipinski definition) is 3. The van der Waals surface area contributed by atoms with Gasteiger partial charge in [-0.25, -0.2) is 4.98 Å². The molecule has 0 spiro atoms. The van der Waals surface area contributed by atoms with E-state index < -0.39 is 0 Å². The van der Waals surface area contributed by atoms with Gasteiger partial charge in [0.2, 0.25) is 5.88 Å². The molecule has 0 N–H and O–H groups in total. The fourth-order valence-electron chi connectivity index (χ4n) is 0.788. The van der Waals surface area contributed by atoms with E-state index in [1.54, 1.807) is 13.2 Å². The van der Waals surface area contributed by atoms with Crippen molar-refractivity contribution in [2.24, 2.45) is 0 Å². The molecular formula is C7H10N2O. The van der Waals surface area contributed by atoms with Gasteiger partial charge in [-0.1, -0.05) is 0 Å². The van der Waals surface area contributed by atoms with E-state index in [4.69, 9.17) is 4.74 Å². The molecule has 54 valence electrons. The van der Waals surface area contributed by atoms with Crippen LogP contribution in [0.2, 0.25) is 0 Å². The fourth-order valence-corrected chi connectivity index (χ4v) is 0.788. The van der Waals surface area contributed by atoms with Crippen LogP contribution >= 0.6 is 0 Å². The largest absolute Gasteiger partial charge is 0.481 e. The molecule has 0 fully saturated rings. The molecule has 0 saturated carbocycles. The number of nitrogens with zero attached hydrogens (tertiary/aromatic N) is 2. The minimum Gasteiger partial charge on any atom is -0.481 e. The molecule has 10 heavy (non-hydrogen) atoms. The van der Waals surface area contributed by atoms with E-state index in [-0.39, 0.29) is 0 Å². The summed E-state index contributed by atoms with van der Waals surface area (Å²) in [5.41, 5.74) is 0.935. The van der Waals surface area contributed by atoms with Crippen molar-refractivity contribution in [3.8, 4) is 5.88 Å². The highest BCUT2D eigenvalue weighted by atomic mass is 16.5. The molecule has 0 aliphatic carbocycles. The van der Waals surface area contributed by atoms with Crippen molar-refractivity contribution in [3.63, 3.8) is 0 Å². The fraction of sp³-hybridized carbons (Fsp3) is 0.429. The van der Waals surface area contributed by atoms with E-state index in [1.807, 2.05) is 13.8 Å². The second kappa shape index (κ2) is 2.64. The number of ether oxygens (including phenoxy) is 1. The maximum Gasteiger partial charge on any atom is 0.216 e. The van der Waals surface area contributed by atoms with Crippen molar-refractivity contribution in [1.82, 2.24) is 9.97 Å². The summed E-state index contributed by atoms with van der Waals surface area (Å²) in [6.07, 6.45) is 0. The van der Waals surface area contributed by atoms with Crippen molar-refractivity contribution >= 4 is 0 Å². The lowest BCUT2D eigenvalue weighted by Gasteiger charge is -1.99. The van der Waals surface area contributed by atoms with Gasteiger partial charge >= 0.3 is 0 Å². The summed E-state index contributed by atoms with van der Waals surface area (Å²) in [4.78, 5) is 8.11. The Balaban J connectivity index is 3.06. The number of aromatic nitrogens is 2. The molecule has 0 aliphatic rings. The summed E-state index contributed by atoms with van der Waals surface area (Å²) in [6.45, 7) is 3.76. The summed E-state index contributed by atoms with van der Waals surface area (Å²) in [6, 6.07) is 1.80. The van der Waals surface area contributed by atoms with Crippen LogP contribution in [0.25, 0.3) is 0 Å². The first kappa shape index (κ1) is 6.99. The van der Waals surface area contributed by atoms with Crippen LogP contribution in [0.4, 0.5) is 0 Å². The predicted molar refractivity (Wildman–Crippen MR) is 38.1 cm³/mol. The summed E-state index contributed by atoms with van der Waals surface area (Å²) < 4.78 is 4.92. The van der Waals surface area contributed by atoms with Gasteiger partial charge in [-0.3, -0.25) is 0 Å². The monoisotopic (exact) mass is 138 g/mol. The Kier molecular flexibility index (Phi) is 1.85. The standard InChI is InChI=1S/C7H10N2O/c1-5-4-7(10-3)9-6(2)8-5/h4H,1-3H3. The maximum absolute atomic E-state index is 4.92. The summed E-state index contributed by atoms with van der Waals surface area (Å²) >= 11 is 0. The zero-order valence-electron chi connectivity index (χ0n) is 6.38. The molecule has 3 heteroatoms. The van der Waals surface area contributed by atoms with Gasteiger partial charge in [-0.15, -0.1) is 0 Å².